The van der Waals surface area contributed by atoms with Gasteiger partial charge in [-0.15, -0.1) is 11.3 Å². The average Bonchev–Trinajstić information content (AvgIpc) is 3.09. The molecule has 0 bridgehead atoms. The molecule has 170 valence electrons. The fourth-order valence-electron chi connectivity index (χ4n) is 3.24. The van der Waals surface area contributed by atoms with Crippen molar-refractivity contribution in [1.82, 2.24) is 20.9 Å². The highest BCUT2D eigenvalue weighted by molar-refractivity contribution is 7.09. The molecule has 1 aromatic rings. The van der Waals surface area contributed by atoms with Gasteiger partial charge in [0, 0.05) is 29.4 Å². The normalized spacial score (nSPS) is 20.6. The third-order valence-electron chi connectivity index (χ3n) is 4.83. The third-order valence-corrected chi connectivity index (χ3v) is 5.66. The van der Waals surface area contributed by atoms with Gasteiger partial charge in [0.05, 0.1) is 12.2 Å². The molecule has 2 rings (SSSR count). The minimum atomic E-state index is -0.467. The maximum absolute atomic E-state index is 12.0. The van der Waals surface area contributed by atoms with Gasteiger partial charge in [-0.1, -0.05) is 20.8 Å². The SMILES string of the molecule is CCNC(=NCc1nc(C(C)(C)C)cs1)NC1CCC(NC(=O)OC(C)(C)C)CC1. The Bertz CT molecular complexity index is 710. The first-order chi connectivity index (χ1) is 14.0. The second-order valence-corrected chi connectivity index (χ2v) is 10.9. The molecule has 3 N–H and O–H groups in total. The van der Waals surface area contributed by atoms with Crippen molar-refractivity contribution in [2.75, 3.05) is 6.54 Å². The lowest BCUT2D eigenvalue weighted by atomic mass is 9.91. The molecule has 0 unspecified atom stereocenters. The predicted octanol–water partition coefficient (Wildman–Crippen LogP) is 4.33. The van der Waals surface area contributed by atoms with E-state index in [4.69, 9.17) is 14.7 Å². The summed E-state index contributed by atoms with van der Waals surface area (Å²) in [5.74, 6) is 0.827. The Labute approximate surface area is 185 Å². The molecule has 1 fully saturated rings. The molecule has 1 heterocycles. The van der Waals surface area contributed by atoms with Gasteiger partial charge >= 0.3 is 6.09 Å². The predicted molar refractivity (Wildman–Crippen MR) is 124 cm³/mol. The molecule has 7 nitrogen and oxygen atoms in total. The smallest absolute Gasteiger partial charge is 0.407 e. The summed E-state index contributed by atoms with van der Waals surface area (Å²) in [7, 11) is 0. The quantitative estimate of drug-likeness (QED) is 0.471. The highest BCUT2D eigenvalue weighted by atomic mass is 32.1. The highest BCUT2D eigenvalue weighted by Gasteiger charge is 2.25. The largest absolute Gasteiger partial charge is 0.444 e. The van der Waals surface area contributed by atoms with E-state index in [1.807, 2.05) is 20.8 Å². The van der Waals surface area contributed by atoms with E-state index in [0.717, 1.165) is 48.9 Å². The minimum Gasteiger partial charge on any atom is -0.444 e. The zero-order chi connectivity index (χ0) is 22.4. The summed E-state index contributed by atoms with van der Waals surface area (Å²) < 4.78 is 5.36. The Morgan fingerprint density at radius 1 is 1.13 bits per heavy atom. The molecule has 0 radical (unpaired) electrons. The summed E-state index contributed by atoms with van der Waals surface area (Å²) >= 11 is 1.67. The lowest BCUT2D eigenvalue weighted by Crippen LogP contribution is -2.48. The number of nitrogens with one attached hydrogen (secondary N) is 3. The van der Waals surface area contributed by atoms with Gasteiger partial charge in [0.25, 0.3) is 0 Å². The molecule has 8 heteroatoms. The van der Waals surface area contributed by atoms with Crippen molar-refractivity contribution in [1.29, 1.82) is 0 Å². The summed E-state index contributed by atoms with van der Waals surface area (Å²) in [5.41, 5.74) is 0.713. The van der Waals surface area contributed by atoms with Crippen LogP contribution < -0.4 is 16.0 Å². The van der Waals surface area contributed by atoms with Gasteiger partial charge in [-0.2, -0.15) is 0 Å². The van der Waals surface area contributed by atoms with E-state index in [1.165, 1.54) is 0 Å². The summed E-state index contributed by atoms with van der Waals surface area (Å²) in [4.78, 5) is 21.4. The van der Waals surface area contributed by atoms with E-state index in [9.17, 15) is 4.79 Å². The number of ether oxygens (including phenoxy) is 1. The first kappa shape index (κ1) is 24.4. The molecule has 1 aliphatic carbocycles. The van der Waals surface area contributed by atoms with Crippen LogP contribution in [0.15, 0.2) is 10.4 Å². The third kappa shape index (κ3) is 8.50. The number of aliphatic imine (C=N–C) groups is 1. The van der Waals surface area contributed by atoms with Crippen LogP contribution in [-0.4, -0.2) is 41.3 Å². The highest BCUT2D eigenvalue weighted by Crippen LogP contribution is 2.24. The molecule has 0 spiro atoms. The fraction of sp³-hybridized carbons (Fsp3) is 0.773. The van der Waals surface area contributed by atoms with Crippen molar-refractivity contribution in [3.05, 3.63) is 16.1 Å². The maximum Gasteiger partial charge on any atom is 0.407 e. The van der Waals surface area contributed by atoms with Crippen LogP contribution in [0.2, 0.25) is 0 Å². The number of thiazole rings is 1. The van der Waals surface area contributed by atoms with Crippen LogP contribution in [0.5, 0.6) is 0 Å². The van der Waals surface area contributed by atoms with Gasteiger partial charge in [0.1, 0.15) is 10.6 Å². The van der Waals surface area contributed by atoms with Crippen LogP contribution in [0.1, 0.15) is 84.9 Å². The lowest BCUT2D eigenvalue weighted by Gasteiger charge is -2.31. The van der Waals surface area contributed by atoms with E-state index in [2.05, 4.69) is 49.0 Å². The second kappa shape index (κ2) is 10.5. The topological polar surface area (TPSA) is 87.6 Å². The lowest BCUT2D eigenvalue weighted by molar-refractivity contribution is 0.0490. The van der Waals surface area contributed by atoms with Crippen molar-refractivity contribution in [3.8, 4) is 0 Å². The van der Waals surface area contributed by atoms with Crippen LogP contribution in [0, 0.1) is 0 Å². The molecule has 1 aliphatic rings. The van der Waals surface area contributed by atoms with Gasteiger partial charge in [-0.05, 0) is 53.4 Å². The number of alkyl carbamates (subject to hydrolysis) is 1. The number of carbonyl (C=O) groups excluding carboxylic acids is 1. The molecule has 0 saturated heterocycles. The zero-order valence-corrected chi connectivity index (χ0v) is 20.4. The van der Waals surface area contributed by atoms with E-state index >= 15 is 0 Å². The number of rotatable bonds is 5. The van der Waals surface area contributed by atoms with Crippen LogP contribution in [0.4, 0.5) is 4.79 Å². The van der Waals surface area contributed by atoms with Crippen LogP contribution in [0.25, 0.3) is 0 Å². The number of hydrogen-bond donors (Lipinski definition) is 3. The fourth-order valence-corrected chi connectivity index (χ4v) is 4.19. The Morgan fingerprint density at radius 2 is 1.73 bits per heavy atom. The molecule has 0 atom stereocenters. The maximum atomic E-state index is 12.0. The first-order valence-corrected chi connectivity index (χ1v) is 11.8. The number of nitrogens with zero attached hydrogens (tertiary/aromatic N) is 2. The van der Waals surface area contributed by atoms with Crippen molar-refractivity contribution in [3.63, 3.8) is 0 Å². The monoisotopic (exact) mass is 437 g/mol. The Balaban J connectivity index is 1.84. The number of carbonyl (C=O) groups is 1. The molecule has 1 amide bonds. The van der Waals surface area contributed by atoms with E-state index < -0.39 is 5.60 Å². The Morgan fingerprint density at radius 3 is 2.23 bits per heavy atom. The number of guanidine groups is 1. The van der Waals surface area contributed by atoms with Gasteiger partial charge < -0.3 is 20.7 Å². The molecule has 0 aromatic carbocycles. The second-order valence-electron chi connectivity index (χ2n) is 9.91. The summed E-state index contributed by atoms with van der Waals surface area (Å²) in [6.45, 7) is 15.6. The van der Waals surface area contributed by atoms with E-state index in [0.29, 0.717) is 12.6 Å². The molecular weight excluding hydrogens is 398 g/mol. The average molecular weight is 438 g/mol. The zero-order valence-electron chi connectivity index (χ0n) is 19.6. The molecule has 1 saturated carbocycles. The molecule has 1 aromatic heterocycles. The van der Waals surface area contributed by atoms with Gasteiger partial charge in [0.15, 0.2) is 5.96 Å². The van der Waals surface area contributed by atoms with Crippen LogP contribution in [-0.2, 0) is 16.7 Å². The van der Waals surface area contributed by atoms with Crippen molar-refractivity contribution >= 4 is 23.4 Å². The molecule has 0 aliphatic heterocycles. The van der Waals surface area contributed by atoms with E-state index in [-0.39, 0.29) is 17.6 Å². The standard InChI is InChI=1S/C22H39N5O2S/c1-8-23-19(24-13-18-27-17(14-30-18)21(2,3)4)25-15-9-11-16(12-10-15)26-20(28)29-22(5,6)7/h14-16H,8-13H2,1-7H3,(H,26,28)(H2,23,24,25). The molecular formula is C22H39N5O2S. The number of aromatic nitrogens is 1. The minimum absolute atomic E-state index is 0.0627. The van der Waals surface area contributed by atoms with Crippen molar-refractivity contribution in [2.24, 2.45) is 4.99 Å². The summed E-state index contributed by atoms with van der Waals surface area (Å²) in [6.07, 6.45) is 3.49. The van der Waals surface area contributed by atoms with Crippen molar-refractivity contribution in [2.45, 2.75) is 104 Å². The summed E-state index contributed by atoms with van der Waals surface area (Å²) in [6, 6.07) is 0.518. The Hall–Kier alpha value is -1.83. The first-order valence-electron chi connectivity index (χ1n) is 11.0. The van der Waals surface area contributed by atoms with Gasteiger partial charge in [-0.3, -0.25) is 0 Å². The van der Waals surface area contributed by atoms with Crippen molar-refractivity contribution < 1.29 is 9.53 Å². The number of amides is 1. The van der Waals surface area contributed by atoms with E-state index in [1.54, 1.807) is 11.3 Å². The van der Waals surface area contributed by atoms with Gasteiger partial charge in [-0.25, -0.2) is 14.8 Å². The summed E-state index contributed by atoms with van der Waals surface area (Å²) in [5, 5.41) is 13.0. The Kier molecular flexibility index (Phi) is 8.52. The van der Waals surface area contributed by atoms with Gasteiger partial charge in [0.2, 0.25) is 0 Å². The molecule has 30 heavy (non-hydrogen) atoms. The number of hydrogen-bond acceptors (Lipinski definition) is 5. The van der Waals surface area contributed by atoms with Crippen LogP contribution >= 0.6 is 11.3 Å². The van der Waals surface area contributed by atoms with Crippen LogP contribution in [0.3, 0.4) is 0 Å².